The van der Waals surface area contributed by atoms with Crippen LogP contribution in [0.3, 0.4) is 0 Å². The van der Waals surface area contributed by atoms with Crippen molar-refractivity contribution in [3.05, 3.63) is 59.2 Å². The van der Waals surface area contributed by atoms with E-state index in [1.54, 1.807) is 12.0 Å². The molecule has 2 aromatic carbocycles. The number of carbonyl (C=O) groups is 2. The van der Waals surface area contributed by atoms with Crippen LogP contribution in [0.25, 0.3) is 0 Å². The summed E-state index contributed by atoms with van der Waals surface area (Å²) in [5, 5.41) is 3.01. The van der Waals surface area contributed by atoms with Gasteiger partial charge in [0.15, 0.2) is 5.17 Å². The number of nitrogens with zero attached hydrogens (tertiary/aromatic N) is 2. The maximum atomic E-state index is 13.0. The number of para-hydroxylation sites is 1. The van der Waals surface area contributed by atoms with Gasteiger partial charge in [-0.3, -0.25) is 14.5 Å². The molecule has 0 saturated carbocycles. The number of hydrogen-bond donors (Lipinski definition) is 1. The minimum atomic E-state index is -0.504. The largest absolute Gasteiger partial charge is 0.383 e. The van der Waals surface area contributed by atoms with Crippen molar-refractivity contribution in [2.75, 3.05) is 25.6 Å². The van der Waals surface area contributed by atoms with Crippen molar-refractivity contribution in [2.45, 2.75) is 32.4 Å². The zero-order valence-electron chi connectivity index (χ0n) is 17.8. The van der Waals surface area contributed by atoms with Crippen molar-refractivity contribution in [3.8, 4) is 0 Å². The molecule has 3 rings (SSSR count). The molecule has 2 amide bonds. The molecule has 1 heterocycles. The van der Waals surface area contributed by atoms with E-state index in [9.17, 15) is 9.59 Å². The standard InChI is InChI=1S/C23H27N3O3S/c1-15-9-10-18(13-17(15)3)24-23-26(11-12-29-4)22(28)20(30-23)14-21(27)25-19-8-6-5-7-16(19)2/h5-10,13,20H,11-12,14H2,1-4H3,(H,25,27)/t20-/m1/s1. The van der Waals surface area contributed by atoms with Gasteiger partial charge in [0.1, 0.15) is 5.25 Å². The van der Waals surface area contributed by atoms with Crippen LogP contribution < -0.4 is 5.32 Å². The van der Waals surface area contributed by atoms with Crippen LogP contribution in [0.2, 0.25) is 0 Å². The van der Waals surface area contributed by atoms with Gasteiger partial charge in [-0.05, 0) is 55.7 Å². The summed E-state index contributed by atoms with van der Waals surface area (Å²) in [4.78, 5) is 31.9. The topological polar surface area (TPSA) is 71.0 Å². The van der Waals surface area contributed by atoms with Gasteiger partial charge in [-0.15, -0.1) is 0 Å². The van der Waals surface area contributed by atoms with Crippen LogP contribution in [-0.2, 0) is 14.3 Å². The Morgan fingerprint density at radius 1 is 1.13 bits per heavy atom. The first-order valence-electron chi connectivity index (χ1n) is 9.87. The van der Waals surface area contributed by atoms with Crippen molar-refractivity contribution in [3.63, 3.8) is 0 Å². The van der Waals surface area contributed by atoms with E-state index in [4.69, 9.17) is 9.73 Å². The van der Waals surface area contributed by atoms with Gasteiger partial charge in [0, 0.05) is 19.2 Å². The number of carbonyl (C=O) groups excluding carboxylic acids is 2. The van der Waals surface area contributed by atoms with E-state index in [2.05, 4.69) is 5.32 Å². The Balaban J connectivity index is 1.76. The summed E-state index contributed by atoms with van der Waals surface area (Å²) in [5.74, 6) is -0.297. The van der Waals surface area contributed by atoms with Crippen molar-refractivity contribution >= 4 is 40.1 Å². The molecule has 7 heteroatoms. The van der Waals surface area contributed by atoms with Gasteiger partial charge in [-0.2, -0.15) is 0 Å². The molecule has 1 fully saturated rings. The van der Waals surface area contributed by atoms with E-state index in [-0.39, 0.29) is 18.2 Å². The minimum Gasteiger partial charge on any atom is -0.383 e. The normalized spacial score (nSPS) is 17.6. The highest BCUT2D eigenvalue weighted by molar-refractivity contribution is 8.15. The lowest BCUT2D eigenvalue weighted by atomic mass is 10.1. The number of aliphatic imine (C=N–C) groups is 1. The second-order valence-electron chi connectivity index (χ2n) is 7.32. The van der Waals surface area contributed by atoms with Crippen LogP contribution in [0.1, 0.15) is 23.1 Å². The number of rotatable bonds is 7. The zero-order chi connectivity index (χ0) is 21.7. The number of hydrogen-bond acceptors (Lipinski definition) is 5. The highest BCUT2D eigenvalue weighted by atomic mass is 32.2. The molecule has 0 aromatic heterocycles. The van der Waals surface area contributed by atoms with Crippen LogP contribution in [-0.4, -0.2) is 47.4 Å². The van der Waals surface area contributed by atoms with Crippen LogP contribution >= 0.6 is 11.8 Å². The van der Waals surface area contributed by atoms with Gasteiger partial charge < -0.3 is 10.1 Å². The SMILES string of the molecule is COCCN1C(=O)[C@@H](CC(=O)Nc2ccccc2C)SC1=Nc1ccc(C)c(C)c1. The number of benzene rings is 2. The number of thioether (sulfide) groups is 1. The molecule has 1 atom stereocenters. The van der Waals surface area contributed by atoms with E-state index in [0.29, 0.717) is 18.3 Å². The van der Waals surface area contributed by atoms with Gasteiger partial charge in [0.25, 0.3) is 0 Å². The molecule has 0 unspecified atom stereocenters. The smallest absolute Gasteiger partial charge is 0.242 e. The molecular formula is C23H27N3O3S. The molecular weight excluding hydrogens is 398 g/mol. The maximum Gasteiger partial charge on any atom is 0.242 e. The Hall–Kier alpha value is -2.64. The van der Waals surface area contributed by atoms with Crippen LogP contribution in [0.5, 0.6) is 0 Å². The molecule has 1 N–H and O–H groups in total. The van der Waals surface area contributed by atoms with Crippen molar-refractivity contribution < 1.29 is 14.3 Å². The predicted octanol–water partition coefficient (Wildman–Crippen LogP) is 4.22. The van der Waals surface area contributed by atoms with E-state index in [1.165, 1.54) is 17.3 Å². The third kappa shape index (κ3) is 5.29. The van der Waals surface area contributed by atoms with Gasteiger partial charge in [0.05, 0.1) is 18.8 Å². The first kappa shape index (κ1) is 22.1. The second kappa shape index (κ2) is 9.91. The summed E-state index contributed by atoms with van der Waals surface area (Å²) in [6, 6.07) is 13.5. The van der Waals surface area contributed by atoms with Crippen LogP contribution in [0, 0.1) is 20.8 Å². The molecule has 0 radical (unpaired) electrons. The third-order valence-corrected chi connectivity index (χ3v) is 6.22. The second-order valence-corrected chi connectivity index (χ2v) is 8.49. The fraction of sp³-hybridized carbons (Fsp3) is 0.348. The highest BCUT2D eigenvalue weighted by Gasteiger charge is 2.39. The number of nitrogens with one attached hydrogen (secondary N) is 1. The van der Waals surface area contributed by atoms with Gasteiger partial charge in [-0.25, -0.2) is 4.99 Å². The highest BCUT2D eigenvalue weighted by Crippen LogP contribution is 2.32. The monoisotopic (exact) mass is 425 g/mol. The average molecular weight is 426 g/mol. The predicted molar refractivity (Wildman–Crippen MR) is 122 cm³/mol. The van der Waals surface area contributed by atoms with Gasteiger partial charge >= 0.3 is 0 Å². The van der Waals surface area contributed by atoms with Crippen molar-refractivity contribution in [1.29, 1.82) is 0 Å². The average Bonchev–Trinajstić information content (AvgIpc) is 2.99. The zero-order valence-corrected chi connectivity index (χ0v) is 18.6. The first-order chi connectivity index (χ1) is 14.4. The molecule has 158 valence electrons. The van der Waals surface area contributed by atoms with Crippen molar-refractivity contribution in [2.24, 2.45) is 4.99 Å². The molecule has 0 spiro atoms. The fourth-order valence-corrected chi connectivity index (χ4v) is 4.29. The Morgan fingerprint density at radius 3 is 2.60 bits per heavy atom. The summed E-state index contributed by atoms with van der Waals surface area (Å²) in [6.07, 6.45) is 0.0905. The number of aryl methyl sites for hydroxylation is 3. The number of amides is 2. The lowest BCUT2D eigenvalue weighted by Gasteiger charge is -2.16. The molecule has 1 aliphatic rings. The molecule has 6 nitrogen and oxygen atoms in total. The van der Waals surface area contributed by atoms with Gasteiger partial charge in [0.2, 0.25) is 11.8 Å². The minimum absolute atomic E-state index is 0.0905. The molecule has 0 bridgehead atoms. The van der Waals surface area contributed by atoms with E-state index >= 15 is 0 Å². The number of amidine groups is 1. The fourth-order valence-electron chi connectivity index (χ4n) is 3.10. The third-order valence-electron chi connectivity index (χ3n) is 5.04. The summed E-state index contributed by atoms with van der Waals surface area (Å²) in [6.45, 7) is 6.83. The Morgan fingerprint density at radius 2 is 1.90 bits per heavy atom. The van der Waals surface area contributed by atoms with E-state index in [1.807, 2.05) is 63.2 Å². The number of methoxy groups -OCH3 is 1. The lowest BCUT2D eigenvalue weighted by molar-refractivity contribution is -0.128. The lowest BCUT2D eigenvalue weighted by Crippen LogP contribution is -2.35. The number of anilines is 1. The summed E-state index contributed by atoms with van der Waals surface area (Å²) < 4.78 is 5.16. The molecule has 30 heavy (non-hydrogen) atoms. The Kier molecular flexibility index (Phi) is 7.29. The number of ether oxygens (including phenoxy) is 1. The van der Waals surface area contributed by atoms with Crippen LogP contribution in [0.15, 0.2) is 47.5 Å². The molecule has 2 aromatic rings. The van der Waals surface area contributed by atoms with E-state index < -0.39 is 5.25 Å². The summed E-state index contributed by atoms with van der Waals surface area (Å²) in [5.41, 5.74) is 4.87. The Bertz CT molecular complexity index is 974. The van der Waals surface area contributed by atoms with Gasteiger partial charge in [-0.1, -0.05) is 36.0 Å². The summed E-state index contributed by atoms with van der Waals surface area (Å²) >= 11 is 1.34. The first-order valence-corrected chi connectivity index (χ1v) is 10.8. The molecule has 0 aliphatic carbocycles. The van der Waals surface area contributed by atoms with E-state index in [0.717, 1.165) is 22.5 Å². The van der Waals surface area contributed by atoms with Crippen LogP contribution in [0.4, 0.5) is 11.4 Å². The Labute approximate surface area is 181 Å². The summed E-state index contributed by atoms with van der Waals surface area (Å²) in [7, 11) is 1.60. The molecule has 1 aliphatic heterocycles. The quantitative estimate of drug-likeness (QED) is 0.721. The maximum absolute atomic E-state index is 13.0. The van der Waals surface area contributed by atoms with Crippen molar-refractivity contribution in [1.82, 2.24) is 4.90 Å². The molecule has 1 saturated heterocycles.